The Balaban J connectivity index is 0.861. The minimum Gasteiger partial charge on any atom is -0.456 e. The molecule has 0 bridgehead atoms. The molecular formula is C76H47NO3. The number of hydrogen-bond acceptors (Lipinski definition) is 4. The largest absolute Gasteiger partial charge is 0.456 e. The third-order valence-electron chi connectivity index (χ3n) is 18.3. The van der Waals surface area contributed by atoms with Gasteiger partial charge < -0.3 is 18.2 Å². The molecular weight excluding hydrogens is 975 g/mol. The minimum absolute atomic E-state index is 0.189. The summed E-state index contributed by atoms with van der Waals surface area (Å²) in [5.74, 6) is 0. The number of furan rings is 3. The van der Waals surface area contributed by atoms with Crippen LogP contribution < -0.4 is 4.90 Å². The van der Waals surface area contributed by atoms with E-state index in [9.17, 15) is 0 Å². The molecule has 4 nitrogen and oxygen atoms in total. The summed E-state index contributed by atoms with van der Waals surface area (Å²) in [6.45, 7) is 4.70. The standard InChI is InChI=1S/C76H47NO3/c1-75(2)60-26-9-3-17-49(60)52-39-37-46(41-65(52)75)77(45-35-33-44(34-36-45)48-23-15-24-55-53-20-7-13-31-66(53)79-73(48)55)47-38-40-54-59-43-69-71(57-22-8-14-32-67(57)78-69)72(74(59)80-68(54)42-47)58-25-16-30-64-70(58)56-21-6-12-29-63(56)76(64)61-27-10-4-18-50(61)51-19-5-11-28-62(51)76/h3-43H,1-2H3. The SMILES string of the molecule is CC1(C)c2ccccc2-c2ccc(N(c3ccc(-c4cccc5c4oc4ccccc45)cc3)c3ccc4c(c3)oc3c(-c5cccc6c5-c5ccccc5C65c6ccccc6-c6ccccc65)c5c(cc34)oc3ccccc35)cc21. The maximum atomic E-state index is 7.52. The van der Waals surface area contributed by atoms with E-state index in [2.05, 4.69) is 255 Å². The van der Waals surface area contributed by atoms with Gasteiger partial charge in [-0.3, -0.25) is 0 Å². The summed E-state index contributed by atoms with van der Waals surface area (Å²) in [6, 6.07) is 91.0. The van der Waals surface area contributed by atoms with Crippen LogP contribution in [0.2, 0.25) is 0 Å². The van der Waals surface area contributed by atoms with E-state index in [1.165, 1.54) is 66.8 Å². The van der Waals surface area contributed by atoms with Gasteiger partial charge in [0.1, 0.15) is 33.5 Å². The first kappa shape index (κ1) is 43.9. The molecule has 0 radical (unpaired) electrons. The van der Waals surface area contributed by atoms with E-state index < -0.39 is 5.41 Å². The van der Waals surface area contributed by atoms with Gasteiger partial charge in [-0.2, -0.15) is 0 Å². The van der Waals surface area contributed by atoms with Crippen molar-refractivity contribution in [1.82, 2.24) is 0 Å². The summed E-state index contributed by atoms with van der Waals surface area (Å²) in [4.78, 5) is 2.38. The average molecular weight is 1020 g/mol. The third-order valence-corrected chi connectivity index (χ3v) is 18.3. The van der Waals surface area contributed by atoms with Crippen LogP contribution in [0, 0.1) is 0 Å². The Morgan fingerprint density at radius 2 is 0.800 bits per heavy atom. The van der Waals surface area contributed by atoms with E-state index in [4.69, 9.17) is 13.3 Å². The molecule has 18 rings (SSSR count). The van der Waals surface area contributed by atoms with E-state index in [0.29, 0.717) is 0 Å². The Labute approximate surface area is 461 Å². The number of fused-ring (bicyclic) bond motifs is 22. The number of para-hydroxylation sites is 3. The van der Waals surface area contributed by atoms with E-state index in [0.717, 1.165) is 105 Å². The summed E-state index contributed by atoms with van der Waals surface area (Å²) < 4.78 is 21.0. The van der Waals surface area contributed by atoms with Gasteiger partial charge in [0.05, 0.1) is 5.41 Å². The molecule has 3 aliphatic carbocycles. The zero-order valence-corrected chi connectivity index (χ0v) is 43.8. The molecule has 4 heteroatoms. The number of anilines is 3. The fraction of sp³-hybridized carbons (Fsp3) is 0.0526. The van der Waals surface area contributed by atoms with E-state index >= 15 is 0 Å². The lowest BCUT2D eigenvalue weighted by atomic mass is 9.70. The fourth-order valence-corrected chi connectivity index (χ4v) is 14.9. The molecule has 3 aromatic heterocycles. The molecule has 3 heterocycles. The smallest absolute Gasteiger partial charge is 0.144 e. The fourth-order valence-electron chi connectivity index (χ4n) is 14.9. The zero-order chi connectivity index (χ0) is 52.6. The molecule has 15 aromatic rings. The lowest BCUT2D eigenvalue weighted by molar-refractivity contribution is 0.660. The Morgan fingerprint density at radius 1 is 0.287 bits per heavy atom. The van der Waals surface area contributed by atoms with Crippen molar-refractivity contribution in [2.45, 2.75) is 24.7 Å². The normalized spacial score (nSPS) is 14.1. The van der Waals surface area contributed by atoms with E-state index in [1.807, 2.05) is 12.1 Å². The number of nitrogens with zero attached hydrogens (tertiary/aromatic N) is 1. The Hall–Kier alpha value is -10.2. The van der Waals surface area contributed by atoms with Gasteiger partial charge in [-0.1, -0.05) is 202 Å². The predicted octanol–water partition coefficient (Wildman–Crippen LogP) is 20.8. The first-order chi connectivity index (χ1) is 39.4. The van der Waals surface area contributed by atoms with Crippen molar-refractivity contribution in [3.05, 3.63) is 282 Å². The van der Waals surface area contributed by atoms with Gasteiger partial charge in [0.2, 0.25) is 0 Å². The van der Waals surface area contributed by atoms with Crippen LogP contribution >= 0.6 is 0 Å². The van der Waals surface area contributed by atoms with E-state index in [1.54, 1.807) is 0 Å². The van der Waals surface area contributed by atoms with Crippen LogP contribution in [0.5, 0.6) is 0 Å². The Kier molecular flexibility index (Phi) is 8.64. The maximum absolute atomic E-state index is 7.52. The minimum atomic E-state index is -0.499. The second kappa shape index (κ2) is 15.7. The van der Waals surface area contributed by atoms with Gasteiger partial charge >= 0.3 is 0 Å². The molecule has 374 valence electrons. The lowest BCUT2D eigenvalue weighted by Crippen LogP contribution is -2.25. The van der Waals surface area contributed by atoms with Crippen LogP contribution in [-0.2, 0) is 10.8 Å². The van der Waals surface area contributed by atoms with Crippen molar-refractivity contribution in [1.29, 1.82) is 0 Å². The van der Waals surface area contributed by atoms with Crippen molar-refractivity contribution < 1.29 is 13.3 Å². The quantitative estimate of drug-likeness (QED) is 0.172. The molecule has 1 spiro atoms. The molecule has 0 unspecified atom stereocenters. The van der Waals surface area contributed by atoms with Gasteiger partial charge in [0.15, 0.2) is 0 Å². The third kappa shape index (κ3) is 5.64. The van der Waals surface area contributed by atoms with E-state index in [-0.39, 0.29) is 5.41 Å². The summed E-state index contributed by atoms with van der Waals surface area (Å²) in [6.07, 6.45) is 0. The van der Waals surface area contributed by atoms with Crippen molar-refractivity contribution in [3.8, 4) is 55.6 Å². The van der Waals surface area contributed by atoms with Gasteiger partial charge in [-0.05, 0) is 132 Å². The summed E-state index contributed by atoms with van der Waals surface area (Å²) in [5.41, 5.74) is 27.3. The summed E-state index contributed by atoms with van der Waals surface area (Å²) >= 11 is 0. The van der Waals surface area contributed by atoms with Gasteiger partial charge in [0.25, 0.3) is 0 Å². The molecule has 0 N–H and O–H groups in total. The number of benzene rings is 12. The topological polar surface area (TPSA) is 42.7 Å². The Morgan fingerprint density at radius 3 is 1.56 bits per heavy atom. The van der Waals surface area contributed by atoms with Crippen molar-refractivity contribution in [2.75, 3.05) is 4.90 Å². The molecule has 12 aromatic carbocycles. The highest BCUT2D eigenvalue weighted by atomic mass is 16.3. The highest BCUT2D eigenvalue weighted by Gasteiger charge is 2.52. The number of hydrogen-bond donors (Lipinski definition) is 0. The predicted molar refractivity (Wildman–Crippen MR) is 328 cm³/mol. The average Bonchev–Trinajstić information content (AvgIpc) is 4.19. The van der Waals surface area contributed by atoms with Crippen LogP contribution in [0.15, 0.2) is 262 Å². The molecule has 3 aliphatic rings. The van der Waals surface area contributed by atoms with Crippen molar-refractivity contribution in [3.63, 3.8) is 0 Å². The van der Waals surface area contributed by atoms with Gasteiger partial charge in [0, 0.05) is 72.0 Å². The van der Waals surface area contributed by atoms with Crippen LogP contribution in [0.25, 0.3) is 121 Å². The highest BCUT2D eigenvalue weighted by molar-refractivity contribution is 6.25. The second-order valence-electron chi connectivity index (χ2n) is 22.6. The maximum Gasteiger partial charge on any atom is 0.144 e. The molecule has 0 atom stereocenters. The molecule has 0 saturated carbocycles. The second-order valence-corrected chi connectivity index (χ2v) is 22.6. The van der Waals surface area contributed by atoms with Crippen molar-refractivity contribution >= 4 is 82.9 Å². The lowest BCUT2D eigenvalue weighted by Gasteiger charge is -2.30. The number of rotatable bonds is 5. The first-order valence-electron chi connectivity index (χ1n) is 27.7. The Bertz CT molecular complexity index is 5130. The highest BCUT2D eigenvalue weighted by Crippen LogP contribution is 2.65. The van der Waals surface area contributed by atoms with Gasteiger partial charge in [-0.25, -0.2) is 0 Å². The van der Waals surface area contributed by atoms with Crippen LogP contribution in [0.3, 0.4) is 0 Å². The monoisotopic (exact) mass is 1020 g/mol. The molecule has 0 fully saturated rings. The molecule has 0 amide bonds. The van der Waals surface area contributed by atoms with Gasteiger partial charge in [-0.15, -0.1) is 0 Å². The molecule has 0 aliphatic heterocycles. The molecule has 0 saturated heterocycles. The zero-order valence-electron chi connectivity index (χ0n) is 43.8. The molecule has 80 heavy (non-hydrogen) atoms. The van der Waals surface area contributed by atoms with Crippen LogP contribution in [-0.4, -0.2) is 0 Å². The van der Waals surface area contributed by atoms with Crippen LogP contribution in [0.4, 0.5) is 17.1 Å². The summed E-state index contributed by atoms with van der Waals surface area (Å²) in [7, 11) is 0. The summed E-state index contributed by atoms with van der Waals surface area (Å²) in [5, 5.41) is 6.38. The van der Waals surface area contributed by atoms with Crippen LogP contribution in [0.1, 0.15) is 47.2 Å². The van der Waals surface area contributed by atoms with Crippen molar-refractivity contribution in [2.24, 2.45) is 0 Å². The first-order valence-corrected chi connectivity index (χ1v) is 27.7.